The van der Waals surface area contributed by atoms with Gasteiger partial charge in [0.25, 0.3) is 0 Å². The first-order valence-electron chi connectivity index (χ1n) is 11.5. The zero-order valence-electron chi connectivity index (χ0n) is 19.2. The molecule has 1 unspecified atom stereocenters. The average Bonchev–Trinajstić information content (AvgIpc) is 2.90. The summed E-state index contributed by atoms with van der Waals surface area (Å²) < 4.78 is 4.97. The molecule has 1 fully saturated rings. The molecule has 3 aromatic rings. The van der Waals surface area contributed by atoms with Crippen molar-refractivity contribution in [3.05, 3.63) is 83.2 Å². The molecular formula is C28H25N3O3. The highest BCUT2D eigenvalue weighted by molar-refractivity contribution is 5.90. The third-order valence-corrected chi connectivity index (χ3v) is 7.55. The van der Waals surface area contributed by atoms with Crippen LogP contribution in [0.5, 0.6) is 0 Å². The number of benzene rings is 2. The van der Waals surface area contributed by atoms with Gasteiger partial charge in [-0.1, -0.05) is 49.4 Å². The number of nitriles is 1. The quantitative estimate of drug-likeness (QED) is 0.543. The summed E-state index contributed by atoms with van der Waals surface area (Å²) in [5.74, 6) is -0.897. The van der Waals surface area contributed by atoms with Gasteiger partial charge in [0.2, 0.25) is 0 Å². The molecule has 5 rings (SSSR count). The van der Waals surface area contributed by atoms with Crippen LogP contribution in [0.2, 0.25) is 0 Å². The number of Topliss-reactive ketones (excluding diaryl/α,β-unsaturated/α-hetero) is 1. The molecule has 34 heavy (non-hydrogen) atoms. The molecule has 0 saturated heterocycles. The Kier molecular flexibility index (Phi) is 5.49. The van der Waals surface area contributed by atoms with Crippen LogP contribution in [0.25, 0.3) is 11.4 Å². The Balaban J connectivity index is 1.78. The van der Waals surface area contributed by atoms with E-state index in [2.05, 4.69) is 11.1 Å². The number of nitrogens with zero attached hydrogens (tertiary/aromatic N) is 3. The summed E-state index contributed by atoms with van der Waals surface area (Å²) in [6.07, 6.45) is 3.77. The van der Waals surface area contributed by atoms with Crippen LogP contribution in [0.15, 0.2) is 60.8 Å². The normalized spacial score (nSPS) is 25.6. The minimum Gasteiger partial charge on any atom is -0.465 e. The van der Waals surface area contributed by atoms with Crippen LogP contribution in [-0.4, -0.2) is 28.8 Å². The van der Waals surface area contributed by atoms with Crippen LogP contribution in [-0.2, 0) is 21.4 Å². The Hall–Kier alpha value is -3.85. The number of aryl methyl sites for hydroxylation is 1. The Morgan fingerprint density at radius 3 is 2.71 bits per heavy atom. The highest BCUT2D eigenvalue weighted by Gasteiger charge is 2.56. The van der Waals surface area contributed by atoms with Gasteiger partial charge >= 0.3 is 5.97 Å². The number of esters is 1. The van der Waals surface area contributed by atoms with Gasteiger partial charge < -0.3 is 4.74 Å². The van der Waals surface area contributed by atoms with Crippen molar-refractivity contribution in [3.63, 3.8) is 0 Å². The first-order valence-corrected chi connectivity index (χ1v) is 11.5. The van der Waals surface area contributed by atoms with Gasteiger partial charge in [-0.25, -0.2) is 14.8 Å². The van der Waals surface area contributed by atoms with Crippen molar-refractivity contribution in [1.29, 1.82) is 5.26 Å². The van der Waals surface area contributed by atoms with Crippen molar-refractivity contribution < 1.29 is 14.3 Å². The number of ketones is 1. The predicted octanol–water partition coefficient (Wildman–Crippen LogP) is 4.53. The monoisotopic (exact) mass is 451 g/mol. The predicted molar refractivity (Wildman–Crippen MR) is 126 cm³/mol. The number of aromatic nitrogens is 2. The van der Waals surface area contributed by atoms with Crippen LogP contribution >= 0.6 is 0 Å². The first-order chi connectivity index (χ1) is 16.5. The first kappa shape index (κ1) is 22.0. The Morgan fingerprint density at radius 2 is 1.97 bits per heavy atom. The fourth-order valence-electron chi connectivity index (χ4n) is 5.92. The number of ether oxygens (including phenoxy) is 1. The lowest BCUT2D eigenvalue weighted by Crippen LogP contribution is -2.53. The molecule has 4 atom stereocenters. The highest BCUT2D eigenvalue weighted by Crippen LogP contribution is 2.55. The summed E-state index contributed by atoms with van der Waals surface area (Å²) in [6.45, 7) is 1.93. The number of rotatable bonds is 3. The van der Waals surface area contributed by atoms with Gasteiger partial charge in [-0.15, -0.1) is 0 Å². The summed E-state index contributed by atoms with van der Waals surface area (Å²) in [4.78, 5) is 35.2. The molecule has 0 spiro atoms. The van der Waals surface area contributed by atoms with E-state index >= 15 is 0 Å². The van der Waals surface area contributed by atoms with E-state index in [9.17, 15) is 14.9 Å². The molecule has 6 nitrogen and oxygen atoms in total. The van der Waals surface area contributed by atoms with E-state index in [4.69, 9.17) is 9.72 Å². The molecule has 1 heterocycles. The molecule has 2 aliphatic carbocycles. The van der Waals surface area contributed by atoms with Crippen molar-refractivity contribution in [1.82, 2.24) is 9.97 Å². The Bertz CT molecular complexity index is 1310. The van der Waals surface area contributed by atoms with E-state index in [1.807, 2.05) is 61.7 Å². The molecular weight excluding hydrogens is 426 g/mol. The number of hydrogen-bond donors (Lipinski definition) is 0. The van der Waals surface area contributed by atoms with E-state index in [-0.39, 0.29) is 17.6 Å². The molecule has 0 aliphatic heterocycles. The second-order valence-electron chi connectivity index (χ2n) is 9.20. The second-order valence-corrected chi connectivity index (χ2v) is 9.20. The standard InChI is InChI=1S/C28H25N3O3/c1-17-23-12-11-20-16-30-26(18-7-4-3-5-8-18)31-25(20)28(23,14-21(15-29)24(17)32)22-10-6-9-19(13-22)27(33)34-2/h3-10,13,16-17,21,23H,11-12,14H2,1-2H3/t17-,21?,23-,28+/m0/s1. The lowest BCUT2D eigenvalue weighted by molar-refractivity contribution is -0.131. The van der Waals surface area contributed by atoms with Gasteiger partial charge in [-0.2, -0.15) is 5.26 Å². The van der Waals surface area contributed by atoms with Crippen molar-refractivity contribution >= 4 is 11.8 Å². The molecule has 0 amide bonds. The largest absolute Gasteiger partial charge is 0.465 e. The molecule has 1 saturated carbocycles. The molecule has 0 bridgehead atoms. The van der Waals surface area contributed by atoms with Crippen LogP contribution < -0.4 is 0 Å². The van der Waals surface area contributed by atoms with E-state index in [0.717, 1.165) is 35.2 Å². The lowest BCUT2D eigenvalue weighted by Gasteiger charge is -2.51. The second kappa shape index (κ2) is 8.49. The molecule has 0 N–H and O–H groups in total. The van der Waals surface area contributed by atoms with E-state index in [1.165, 1.54) is 7.11 Å². The smallest absolute Gasteiger partial charge is 0.337 e. The van der Waals surface area contributed by atoms with Crippen molar-refractivity contribution in [2.24, 2.45) is 17.8 Å². The minimum atomic E-state index is -0.742. The van der Waals surface area contributed by atoms with Crippen LogP contribution in [0.3, 0.4) is 0 Å². The van der Waals surface area contributed by atoms with Gasteiger partial charge in [-0.05, 0) is 48.4 Å². The number of carbonyl (C=O) groups is 2. The summed E-state index contributed by atoms with van der Waals surface area (Å²) >= 11 is 0. The van der Waals surface area contributed by atoms with Gasteiger partial charge in [0.1, 0.15) is 5.92 Å². The van der Waals surface area contributed by atoms with E-state index < -0.39 is 17.3 Å². The highest BCUT2D eigenvalue weighted by atomic mass is 16.5. The summed E-state index contributed by atoms with van der Waals surface area (Å²) in [5.41, 5.74) is 3.44. The van der Waals surface area contributed by atoms with E-state index in [1.54, 1.807) is 6.07 Å². The maximum atomic E-state index is 13.1. The summed E-state index contributed by atoms with van der Waals surface area (Å²) in [6, 6.07) is 19.4. The van der Waals surface area contributed by atoms with Crippen molar-refractivity contribution in [2.75, 3.05) is 7.11 Å². The molecule has 6 heteroatoms. The van der Waals surface area contributed by atoms with Gasteiger partial charge in [0.05, 0.1) is 24.4 Å². The molecule has 2 aliphatic rings. The Labute approximate surface area is 198 Å². The number of fused-ring (bicyclic) bond motifs is 3. The molecule has 170 valence electrons. The molecule has 0 radical (unpaired) electrons. The lowest BCUT2D eigenvalue weighted by atomic mass is 9.51. The maximum absolute atomic E-state index is 13.1. The third-order valence-electron chi connectivity index (χ3n) is 7.55. The van der Waals surface area contributed by atoms with Gasteiger partial charge in [0, 0.05) is 23.1 Å². The van der Waals surface area contributed by atoms with Crippen LogP contribution in [0, 0.1) is 29.1 Å². The minimum absolute atomic E-state index is 0.00645. The summed E-state index contributed by atoms with van der Waals surface area (Å²) in [7, 11) is 1.36. The van der Waals surface area contributed by atoms with Crippen molar-refractivity contribution in [3.8, 4) is 17.5 Å². The van der Waals surface area contributed by atoms with Crippen LogP contribution in [0.4, 0.5) is 0 Å². The summed E-state index contributed by atoms with van der Waals surface area (Å²) in [5, 5.41) is 9.91. The zero-order chi connectivity index (χ0) is 23.9. The van der Waals surface area contributed by atoms with Crippen LogP contribution in [0.1, 0.15) is 46.9 Å². The topological polar surface area (TPSA) is 92.9 Å². The Morgan fingerprint density at radius 1 is 1.18 bits per heavy atom. The fourth-order valence-corrected chi connectivity index (χ4v) is 5.92. The zero-order valence-corrected chi connectivity index (χ0v) is 19.2. The van der Waals surface area contributed by atoms with Gasteiger partial charge in [-0.3, -0.25) is 4.79 Å². The average molecular weight is 452 g/mol. The number of methoxy groups -OCH3 is 1. The molecule has 1 aromatic heterocycles. The molecule has 2 aromatic carbocycles. The number of carbonyl (C=O) groups excluding carboxylic acids is 2. The third kappa shape index (κ3) is 3.31. The van der Waals surface area contributed by atoms with Crippen molar-refractivity contribution in [2.45, 2.75) is 31.6 Å². The van der Waals surface area contributed by atoms with Gasteiger partial charge in [0.15, 0.2) is 11.6 Å². The SMILES string of the molecule is COC(=O)c1cccc([C@]23CC(C#N)C(=O)[C@@H](C)[C@@H]2CCc2cnc(-c4ccccc4)nc23)c1. The number of hydrogen-bond acceptors (Lipinski definition) is 6. The van der Waals surface area contributed by atoms with E-state index in [0.29, 0.717) is 17.8 Å². The maximum Gasteiger partial charge on any atom is 0.337 e. The fraction of sp³-hybridized carbons (Fsp3) is 0.321.